The highest BCUT2D eigenvalue weighted by Gasteiger charge is 2.45. The molecule has 0 saturated carbocycles. The molecular weight excluding hydrogens is 298 g/mol. The van der Waals surface area contributed by atoms with Crippen LogP contribution in [-0.4, -0.2) is 17.4 Å². The molecule has 0 saturated heterocycles. The standard InChI is InChI=1S/C21H21NO2/c1-15-8-7-11-18(14-15)19-22-21(3,20(23)24-19)16(2)12-13-17-9-5-4-6-10-17/h4-14,16H,1-3H3/b13-12+/t16-,21+/m0/s1. The average molecular weight is 319 g/mol. The second-order valence-corrected chi connectivity index (χ2v) is 6.38. The first-order valence-electron chi connectivity index (χ1n) is 8.11. The highest BCUT2D eigenvalue weighted by Crippen LogP contribution is 2.31. The van der Waals surface area contributed by atoms with Gasteiger partial charge in [-0.3, -0.25) is 0 Å². The second-order valence-electron chi connectivity index (χ2n) is 6.38. The lowest BCUT2D eigenvalue weighted by molar-refractivity contribution is -0.139. The van der Waals surface area contributed by atoms with Crippen molar-refractivity contribution in [2.75, 3.05) is 0 Å². The van der Waals surface area contributed by atoms with E-state index in [2.05, 4.69) is 4.99 Å². The van der Waals surface area contributed by atoms with E-state index in [4.69, 9.17) is 4.74 Å². The zero-order valence-corrected chi connectivity index (χ0v) is 14.2. The van der Waals surface area contributed by atoms with Crippen molar-refractivity contribution >= 4 is 17.9 Å². The fourth-order valence-electron chi connectivity index (χ4n) is 2.67. The summed E-state index contributed by atoms with van der Waals surface area (Å²) >= 11 is 0. The van der Waals surface area contributed by atoms with Crippen molar-refractivity contribution in [2.45, 2.75) is 26.3 Å². The first-order chi connectivity index (χ1) is 11.5. The number of rotatable bonds is 4. The SMILES string of the molecule is Cc1cccc(C2=N[C@](C)([C@@H](C)/C=C/c3ccccc3)C(=O)O2)c1. The van der Waals surface area contributed by atoms with Crippen LogP contribution in [0.5, 0.6) is 0 Å². The van der Waals surface area contributed by atoms with Crippen LogP contribution in [0.2, 0.25) is 0 Å². The molecule has 2 aromatic carbocycles. The number of hydrogen-bond donors (Lipinski definition) is 0. The smallest absolute Gasteiger partial charge is 0.341 e. The second kappa shape index (κ2) is 6.44. The Kier molecular flexibility index (Phi) is 4.34. The van der Waals surface area contributed by atoms with Crippen LogP contribution in [0, 0.1) is 12.8 Å². The van der Waals surface area contributed by atoms with Gasteiger partial charge in [0.1, 0.15) is 0 Å². The summed E-state index contributed by atoms with van der Waals surface area (Å²) in [5.74, 6) is 0.0305. The summed E-state index contributed by atoms with van der Waals surface area (Å²) in [5.41, 5.74) is 2.15. The summed E-state index contributed by atoms with van der Waals surface area (Å²) in [6.45, 7) is 5.83. The predicted molar refractivity (Wildman–Crippen MR) is 96.9 cm³/mol. The van der Waals surface area contributed by atoms with Crippen LogP contribution in [0.1, 0.15) is 30.5 Å². The monoisotopic (exact) mass is 319 g/mol. The largest absolute Gasteiger partial charge is 0.405 e. The van der Waals surface area contributed by atoms with E-state index in [1.54, 1.807) is 0 Å². The van der Waals surface area contributed by atoms with Crippen molar-refractivity contribution in [3.63, 3.8) is 0 Å². The molecule has 122 valence electrons. The summed E-state index contributed by atoms with van der Waals surface area (Å²) < 4.78 is 5.47. The van der Waals surface area contributed by atoms with Crippen molar-refractivity contribution in [1.29, 1.82) is 0 Å². The zero-order valence-electron chi connectivity index (χ0n) is 14.2. The van der Waals surface area contributed by atoms with E-state index in [0.29, 0.717) is 5.90 Å². The third-order valence-electron chi connectivity index (χ3n) is 4.47. The van der Waals surface area contributed by atoms with Crippen LogP contribution in [0.25, 0.3) is 6.08 Å². The minimum atomic E-state index is -0.898. The molecule has 0 fully saturated rings. The summed E-state index contributed by atoms with van der Waals surface area (Å²) in [6, 6.07) is 17.8. The molecule has 0 bridgehead atoms. The van der Waals surface area contributed by atoms with Gasteiger partial charge in [0.05, 0.1) is 0 Å². The average Bonchev–Trinajstić information content (AvgIpc) is 2.90. The van der Waals surface area contributed by atoms with E-state index in [9.17, 15) is 4.79 Å². The molecule has 3 heteroatoms. The summed E-state index contributed by atoms with van der Waals surface area (Å²) in [5, 5.41) is 0. The molecule has 0 aliphatic carbocycles. The number of carbonyl (C=O) groups excluding carboxylic acids is 1. The Morgan fingerprint density at radius 3 is 2.58 bits per heavy atom. The molecule has 0 radical (unpaired) electrons. The molecule has 0 spiro atoms. The van der Waals surface area contributed by atoms with Crippen LogP contribution in [-0.2, 0) is 9.53 Å². The van der Waals surface area contributed by atoms with Crippen molar-refractivity contribution in [1.82, 2.24) is 0 Å². The van der Waals surface area contributed by atoms with Gasteiger partial charge in [-0.15, -0.1) is 0 Å². The van der Waals surface area contributed by atoms with E-state index < -0.39 is 5.54 Å². The number of carbonyl (C=O) groups is 1. The normalized spacial score (nSPS) is 21.6. The van der Waals surface area contributed by atoms with E-state index >= 15 is 0 Å². The number of aliphatic imine (C=N–C) groups is 1. The van der Waals surface area contributed by atoms with Crippen molar-refractivity contribution in [3.05, 3.63) is 77.4 Å². The minimum absolute atomic E-state index is 0.0764. The van der Waals surface area contributed by atoms with Crippen molar-refractivity contribution in [2.24, 2.45) is 10.9 Å². The first-order valence-corrected chi connectivity index (χ1v) is 8.11. The molecule has 2 atom stereocenters. The highest BCUT2D eigenvalue weighted by atomic mass is 16.6. The van der Waals surface area contributed by atoms with Crippen molar-refractivity contribution < 1.29 is 9.53 Å². The Balaban J connectivity index is 1.85. The van der Waals surface area contributed by atoms with Gasteiger partial charge in [0.15, 0.2) is 5.54 Å². The Morgan fingerprint density at radius 1 is 1.12 bits per heavy atom. The molecular formula is C21H21NO2. The number of esters is 1. The van der Waals surface area contributed by atoms with Gasteiger partial charge >= 0.3 is 5.97 Å². The van der Waals surface area contributed by atoms with E-state index in [1.165, 1.54) is 0 Å². The maximum absolute atomic E-state index is 12.4. The van der Waals surface area contributed by atoms with Gasteiger partial charge in [-0.05, 0) is 31.5 Å². The van der Waals surface area contributed by atoms with Crippen LogP contribution >= 0.6 is 0 Å². The van der Waals surface area contributed by atoms with Crippen LogP contribution in [0.4, 0.5) is 0 Å². The predicted octanol–water partition coefficient (Wildman–Crippen LogP) is 4.41. The van der Waals surface area contributed by atoms with Gasteiger partial charge in [-0.25, -0.2) is 9.79 Å². The zero-order chi connectivity index (χ0) is 17.2. The van der Waals surface area contributed by atoms with Gasteiger partial charge < -0.3 is 4.74 Å². The van der Waals surface area contributed by atoms with E-state index in [-0.39, 0.29) is 11.9 Å². The van der Waals surface area contributed by atoms with E-state index in [1.807, 2.05) is 87.5 Å². The number of hydrogen-bond acceptors (Lipinski definition) is 3. The summed E-state index contributed by atoms with van der Waals surface area (Å²) in [6.07, 6.45) is 4.03. The molecule has 0 aromatic heterocycles. The van der Waals surface area contributed by atoms with Gasteiger partial charge in [-0.1, -0.05) is 67.1 Å². The van der Waals surface area contributed by atoms with Crippen LogP contribution in [0.15, 0.2) is 65.7 Å². The highest BCUT2D eigenvalue weighted by molar-refractivity contribution is 6.08. The summed E-state index contributed by atoms with van der Waals surface area (Å²) in [7, 11) is 0. The topological polar surface area (TPSA) is 38.7 Å². The Bertz CT molecular complexity index is 808. The Hall–Kier alpha value is -2.68. The third-order valence-corrected chi connectivity index (χ3v) is 4.47. The molecule has 1 aliphatic rings. The lowest BCUT2D eigenvalue weighted by Gasteiger charge is -2.21. The number of ether oxygens (including phenoxy) is 1. The fraction of sp³-hybridized carbons (Fsp3) is 0.238. The Morgan fingerprint density at radius 2 is 1.88 bits per heavy atom. The molecule has 1 aliphatic heterocycles. The maximum Gasteiger partial charge on any atom is 0.341 e. The molecule has 24 heavy (non-hydrogen) atoms. The molecule has 2 aromatic rings. The maximum atomic E-state index is 12.4. The number of nitrogens with zero attached hydrogens (tertiary/aromatic N) is 1. The molecule has 3 rings (SSSR count). The Labute approximate surface area is 142 Å². The number of benzene rings is 2. The van der Waals surface area contributed by atoms with Crippen LogP contribution in [0.3, 0.4) is 0 Å². The third kappa shape index (κ3) is 3.16. The molecule has 0 unspecified atom stereocenters. The molecule has 1 heterocycles. The fourth-order valence-corrected chi connectivity index (χ4v) is 2.67. The summed E-state index contributed by atoms with van der Waals surface area (Å²) in [4.78, 5) is 17.1. The van der Waals surface area contributed by atoms with Gasteiger partial charge in [0, 0.05) is 11.5 Å². The van der Waals surface area contributed by atoms with Crippen LogP contribution < -0.4 is 0 Å². The van der Waals surface area contributed by atoms with Gasteiger partial charge in [-0.2, -0.15) is 0 Å². The lowest BCUT2D eigenvalue weighted by atomic mass is 9.87. The molecule has 0 amide bonds. The van der Waals surface area contributed by atoms with Crippen molar-refractivity contribution in [3.8, 4) is 0 Å². The first kappa shape index (κ1) is 16.2. The molecule has 0 N–H and O–H groups in total. The lowest BCUT2D eigenvalue weighted by Crippen LogP contribution is -2.36. The number of aryl methyl sites for hydroxylation is 1. The van der Waals surface area contributed by atoms with Gasteiger partial charge in [0.2, 0.25) is 5.90 Å². The number of cyclic esters (lactones) is 1. The molecule has 3 nitrogen and oxygen atoms in total. The van der Waals surface area contributed by atoms with Gasteiger partial charge in [0.25, 0.3) is 0 Å². The quantitative estimate of drug-likeness (QED) is 0.783. The minimum Gasteiger partial charge on any atom is -0.405 e. The van der Waals surface area contributed by atoms with E-state index in [0.717, 1.165) is 16.7 Å².